The molecule has 3 atom stereocenters. The van der Waals surface area contributed by atoms with Gasteiger partial charge in [0.2, 0.25) is 0 Å². The van der Waals surface area contributed by atoms with Crippen LogP contribution in [-0.4, -0.2) is 90.4 Å². The number of hydrogen-bond acceptors (Lipinski definition) is 6. The summed E-state index contributed by atoms with van der Waals surface area (Å²) in [5.41, 5.74) is 11.1. The van der Waals surface area contributed by atoms with Gasteiger partial charge in [0.1, 0.15) is 0 Å². The van der Waals surface area contributed by atoms with Crippen LogP contribution in [0.5, 0.6) is 0 Å². The number of piperidine rings is 1. The Kier molecular flexibility index (Phi) is 8.24. The van der Waals surface area contributed by atoms with E-state index in [0.717, 1.165) is 39.1 Å². The summed E-state index contributed by atoms with van der Waals surface area (Å²) in [7, 11) is 0. The average Bonchev–Trinajstić information content (AvgIpc) is 3.24. The lowest BCUT2D eigenvalue weighted by atomic mass is 9.90. The molecule has 0 saturated carbocycles. The minimum absolute atomic E-state index is 0.289. The Bertz CT molecular complexity index is 733. The van der Waals surface area contributed by atoms with E-state index in [0.29, 0.717) is 30.1 Å². The quantitative estimate of drug-likeness (QED) is 0.601. The first-order valence-corrected chi connectivity index (χ1v) is 12.8. The predicted octanol–water partition coefficient (Wildman–Crippen LogP) is 2.31. The summed E-state index contributed by atoms with van der Waals surface area (Å²) in [6.45, 7) is 17.2. The minimum atomic E-state index is 0.289. The van der Waals surface area contributed by atoms with Gasteiger partial charge < -0.3 is 14.9 Å². The zero-order valence-corrected chi connectivity index (χ0v) is 20.7. The molecule has 6 heteroatoms. The number of likely N-dealkylation sites (tertiary alicyclic amines) is 1. The van der Waals surface area contributed by atoms with Gasteiger partial charge in [-0.2, -0.15) is 0 Å². The van der Waals surface area contributed by atoms with Crippen molar-refractivity contribution in [3.63, 3.8) is 0 Å². The molecule has 6 nitrogen and oxygen atoms in total. The number of rotatable bonds is 7. The number of piperazine rings is 1. The fourth-order valence-corrected chi connectivity index (χ4v) is 6.18. The first kappa shape index (κ1) is 24.1. The summed E-state index contributed by atoms with van der Waals surface area (Å²) in [6.07, 6.45) is 3.43. The van der Waals surface area contributed by atoms with Gasteiger partial charge >= 0.3 is 0 Å². The van der Waals surface area contributed by atoms with E-state index >= 15 is 0 Å². The van der Waals surface area contributed by atoms with Gasteiger partial charge in [-0.05, 0) is 71.2 Å². The Balaban J connectivity index is 1.37. The van der Waals surface area contributed by atoms with Crippen molar-refractivity contribution in [3.05, 3.63) is 34.9 Å². The van der Waals surface area contributed by atoms with E-state index in [-0.39, 0.29) is 6.61 Å². The zero-order valence-electron chi connectivity index (χ0n) is 20.7. The van der Waals surface area contributed by atoms with Crippen molar-refractivity contribution in [1.82, 2.24) is 25.6 Å². The molecule has 3 N–H and O–H groups in total. The number of nitrogens with one attached hydrogen (secondary N) is 2. The van der Waals surface area contributed by atoms with Crippen molar-refractivity contribution in [2.75, 3.05) is 52.4 Å². The van der Waals surface area contributed by atoms with E-state index in [9.17, 15) is 5.11 Å². The van der Waals surface area contributed by atoms with Crippen LogP contribution in [0.4, 0.5) is 0 Å². The standard InChI is InChI=1S/C26H45N5O/c1-19(2)30-10-7-23(8-11-30)31-13-12-29(18-24(31)9-14-32)17-22-16-27-28-26(22)25-15-20(3)5-6-21(25)4/h5-6,15,19,22-24,26-28,32H,7-14,16-18H2,1-4H3. The fraction of sp³-hybridized carbons (Fsp3) is 0.769. The van der Waals surface area contributed by atoms with Crippen molar-refractivity contribution in [3.8, 4) is 0 Å². The van der Waals surface area contributed by atoms with E-state index in [4.69, 9.17) is 0 Å². The monoisotopic (exact) mass is 443 g/mol. The fourth-order valence-electron chi connectivity index (χ4n) is 6.18. The van der Waals surface area contributed by atoms with E-state index in [1.165, 1.54) is 42.6 Å². The summed E-state index contributed by atoms with van der Waals surface area (Å²) >= 11 is 0. The smallest absolute Gasteiger partial charge is 0.0518 e. The summed E-state index contributed by atoms with van der Waals surface area (Å²) in [6, 6.07) is 8.99. The van der Waals surface area contributed by atoms with Crippen molar-refractivity contribution < 1.29 is 5.11 Å². The second-order valence-corrected chi connectivity index (χ2v) is 10.6. The van der Waals surface area contributed by atoms with Gasteiger partial charge in [0.05, 0.1) is 6.04 Å². The highest BCUT2D eigenvalue weighted by Gasteiger charge is 2.36. The van der Waals surface area contributed by atoms with Gasteiger partial charge in [0, 0.05) is 63.4 Å². The average molecular weight is 444 g/mol. The first-order valence-electron chi connectivity index (χ1n) is 12.8. The van der Waals surface area contributed by atoms with Gasteiger partial charge in [0.15, 0.2) is 0 Å². The SMILES string of the molecule is Cc1ccc(C)c(C2NNCC2CN2CCN(C3CCN(C(C)C)CC3)C(CCO)C2)c1. The van der Waals surface area contributed by atoms with Crippen LogP contribution in [0.3, 0.4) is 0 Å². The molecule has 0 radical (unpaired) electrons. The lowest BCUT2D eigenvalue weighted by Crippen LogP contribution is -2.59. The molecular weight excluding hydrogens is 398 g/mol. The van der Waals surface area contributed by atoms with Gasteiger partial charge in [0.25, 0.3) is 0 Å². The molecule has 32 heavy (non-hydrogen) atoms. The van der Waals surface area contributed by atoms with Crippen molar-refractivity contribution in [1.29, 1.82) is 0 Å². The van der Waals surface area contributed by atoms with Crippen LogP contribution in [-0.2, 0) is 0 Å². The minimum Gasteiger partial charge on any atom is -0.396 e. The van der Waals surface area contributed by atoms with Crippen LogP contribution in [0, 0.1) is 19.8 Å². The van der Waals surface area contributed by atoms with E-state index in [1.54, 1.807) is 0 Å². The van der Waals surface area contributed by atoms with Gasteiger partial charge in [-0.25, -0.2) is 5.43 Å². The molecule has 4 rings (SSSR count). The van der Waals surface area contributed by atoms with Crippen LogP contribution >= 0.6 is 0 Å². The molecule has 0 bridgehead atoms. The second-order valence-electron chi connectivity index (χ2n) is 10.6. The maximum absolute atomic E-state index is 9.79. The molecule has 1 aromatic rings. The molecule has 3 aliphatic heterocycles. The Morgan fingerprint density at radius 3 is 2.59 bits per heavy atom. The Hall–Kier alpha value is -1.02. The maximum atomic E-state index is 9.79. The van der Waals surface area contributed by atoms with Crippen molar-refractivity contribution in [2.24, 2.45) is 5.92 Å². The van der Waals surface area contributed by atoms with Crippen LogP contribution in [0.2, 0.25) is 0 Å². The molecule has 0 aliphatic carbocycles. The van der Waals surface area contributed by atoms with Gasteiger partial charge in [-0.15, -0.1) is 0 Å². The predicted molar refractivity (Wildman–Crippen MR) is 132 cm³/mol. The molecular formula is C26H45N5O. The van der Waals surface area contributed by atoms with E-state index in [1.807, 2.05) is 0 Å². The number of hydrogen-bond donors (Lipinski definition) is 3. The molecule has 3 fully saturated rings. The van der Waals surface area contributed by atoms with E-state index in [2.05, 4.69) is 71.4 Å². The highest BCUT2D eigenvalue weighted by atomic mass is 16.3. The summed E-state index contributed by atoms with van der Waals surface area (Å²) < 4.78 is 0. The van der Waals surface area contributed by atoms with Crippen LogP contribution < -0.4 is 10.9 Å². The molecule has 0 amide bonds. The number of aryl methyl sites for hydroxylation is 2. The molecule has 1 aromatic carbocycles. The second kappa shape index (κ2) is 10.9. The van der Waals surface area contributed by atoms with Crippen LogP contribution in [0.15, 0.2) is 18.2 Å². The molecule has 3 unspecified atom stereocenters. The molecule has 3 heterocycles. The van der Waals surface area contributed by atoms with Crippen LogP contribution in [0.25, 0.3) is 0 Å². The number of aliphatic hydroxyl groups excluding tert-OH is 1. The highest BCUT2D eigenvalue weighted by molar-refractivity contribution is 5.34. The van der Waals surface area contributed by atoms with Crippen molar-refractivity contribution in [2.45, 2.75) is 71.1 Å². The largest absolute Gasteiger partial charge is 0.396 e. The lowest BCUT2D eigenvalue weighted by Gasteiger charge is -2.48. The number of nitrogens with zero attached hydrogens (tertiary/aromatic N) is 3. The topological polar surface area (TPSA) is 54.0 Å². The molecule has 0 aromatic heterocycles. The maximum Gasteiger partial charge on any atom is 0.0518 e. The van der Waals surface area contributed by atoms with Crippen LogP contribution in [0.1, 0.15) is 55.8 Å². The number of hydrazine groups is 1. The third-order valence-electron chi connectivity index (χ3n) is 8.13. The first-order chi connectivity index (χ1) is 15.5. The number of aliphatic hydroxyl groups is 1. The van der Waals surface area contributed by atoms with Gasteiger partial charge in [-0.1, -0.05) is 23.8 Å². The molecule has 3 aliphatic rings. The zero-order chi connectivity index (χ0) is 22.7. The normalized spacial score (nSPS) is 29.2. The Labute approximate surface area is 195 Å². The van der Waals surface area contributed by atoms with Crippen molar-refractivity contribution >= 4 is 0 Å². The summed E-state index contributed by atoms with van der Waals surface area (Å²) in [5.74, 6) is 0.561. The third-order valence-corrected chi connectivity index (χ3v) is 8.13. The summed E-state index contributed by atoms with van der Waals surface area (Å²) in [4.78, 5) is 8.02. The lowest BCUT2D eigenvalue weighted by molar-refractivity contribution is -0.00182. The third kappa shape index (κ3) is 5.54. The Morgan fingerprint density at radius 2 is 1.88 bits per heavy atom. The van der Waals surface area contributed by atoms with Gasteiger partial charge in [-0.3, -0.25) is 10.3 Å². The summed E-state index contributed by atoms with van der Waals surface area (Å²) in [5, 5.41) is 9.79. The Morgan fingerprint density at radius 1 is 1.09 bits per heavy atom. The number of benzene rings is 1. The molecule has 3 saturated heterocycles. The molecule has 0 spiro atoms. The molecule has 180 valence electrons. The van der Waals surface area contributed by atoms with E-state index < -0.39 is 0 Å². The highest BCUT2D eigenvalue weighted by Crippen LogP contribution is 2.30.